The fourth-order valence-corrected chi connectivity index (χ4v) is 1.50. The van der Waals surface area contributed by atoms with Crippen LogP contribution in [-0.2, 0) is 4.74 Å². The number of phenols is 1. The molecule has 0 amide bonds. The average molecular weight is 288 g/mol. The van der Waals surface area contributed by atoms with E-state index in [9.17, 15) is 9.90 Å². The molecule has 0 spiro atoms. The second kappa shape index (κ2) is 4.33. The number of carbonyl (C=O) groups is 1. The monoisotopic (exact) mass is 287 g/mol. The number of hydrogen-bond donors (Lipinski definition) is 2. The number of nitrogens with two attached hydrogens (primary N) is 1. The molecular weight excluding hydrogens is 274 g/mol. The van der Waals surface area contributed by atoms with Crippen LogP contribution in [0.4, 0.5) is 5.69 Å². The molecule has 0 radical (unpaired) electrons. The summed E-state index contributed by atoms with van der Waals surface area (Å²) < 4.78 is 5.61. The maximum Gasteiger partial charge on any atom is 0.340 e. The van der Waals surface area contributed by atoms with Crippen molar-refractivity contribution in [2.75, 3.05) is 5.73 Å². The number of hydrogen-bond acceptors (Lipinski definition) is 4. The zero-order valence-corrected chi connectivity index (χ0v) is 11.0. The van der Waals surface area contributed by atoms with Gasteiger partial charge in [0.05, 0.1) is 15.7 Å². The van der Waals surface area contributed by atoms with Crippen molar-refractivity contribution in [1.82, 2.24) is 0 Å². The van der Waals surface area contributed by atoms with Gasteiger partial charge in [0, 0.05) is 6.07 Å². The predicted molar refractivity (Wildman–Crippen MR) is 65.4 cm³/mol. The summed E-state index contributed by atoms with van der Waals surface area (Å²) in [5, 5.41) is 9.36. The number of rotatable bonds is 1. The van der Waals surface area contributed by atoms with Gasteiger partial charge in [0.2, 0.25) is 0 Å². The minimum absolute atomic E-state index is 0.0680. The van der Waals surface area contributed by atoms with Crippen molar-refractivity contribution in [2.45, 2.75) is 26.4 Å². The smallest absolute Gasteiger partial charge is 0.340 e. The van der Waals surface area contributed by atoms with Gasteiger partial charge in [-0.15, -0.1) is 0 Å². The summed E-state index contributed by atoms with van der Waals surface area (Å²) in [6.07, 6.45) is 0. The molecule has 1 aromatic rings. The van der Waals surface area contributed by atoms with Gasteiger partial charge in [0.25, 0.3) is 0 Å². The van der Waals surface area contributed by atoms with Crippen LogP contribution in [0.25, 0.3) is 0 Å². The molecule has 0 bridgehead atoms. The van der Waals surface area contributed by atoms with Crippen LogP contribution in [0.2, 0.25) is 0 Å². The molecule has 0 atom stereocenters. The van der Waals surface area contributed by atoms with Crippen LogP contribution in [0.5, 0.6) is 5.75 Å². The highest BCUT2D eigenvalue weighted by atomic mass is 79.9. The Kier molecular flexibility index (Phi) is 3.48. The lowest BCUT2D eigenvalue weighted by molar-refractivity contribution is 0.00681. The van der Waals surface area contributed by atoms with E-state index >= 15 is 0 Å². The maximum atomic E-state index is 11.8. The summed E-state index contributed by atoms with van der Waals surface area (Å²) in [4.78, 5) is 11.8. The molecular formula is C11H14BrNO3. The van der Waals surface area contributed by atoms with E-state index in [1.165, 1.54) is 12.1 Å². The first-order chi connectivity index (χ1) is 7.20. The number of phenolic OH excluding ortho intramolecular Hbond substituents is 1. The van der Waals surface area contributed by atoms with Gasteiger partial charge in [-0.3, -0.25) is 0 Å². The van der Waals surface area contributed by atoms with E-state index in [4.69, 9.17) is 10.5 Å². The molecule has 0 fully saturated rings. The normalized spacial score (nSPS) is 11.2. The molecule has 0 aliphatic heterocycles. The number of benzene rings is 1. The predicted octanol–water partition coefficient (Wildman–Crippen LogP) is 2.69. The SMILES string of the molecule is CC(C)(C)OC(=O)c1cc(O)cc(N)c1Br. The Hall–Kier alpha value is -1.23. The lowest BCUT2D eigenvalue weighted by Crippen LogP contribution is -2.24. The largest absolute Gasteiger partial charge is 0.508 e. The number of aromatic hydroxyl groups is 1. The van der Waals surface area contributed by atoms with Crippen LogP contribution in [0, 0.1) is 0 Å². The second-order valence-electron chi connectivity index (χ2n) is 4.40. The fourth-order valence-electron chi connectivity index (χ4n) is 1.11. The van der Waals surface area contributed by atoms with Gasteiger partial charge in [-0.25, -0.2) is 4.79 Å². The zero-order chi connectivity index (χ0) is 12.5. The molecule has 0 saturated heterocycles. The molecule has 4 nitrogen and oxygen atoms in total. The van der Waals surface area contributed by atoms with Crippen LogP contribution in [0.3, 0.4) is 0 Å². The standard InChI is InChI=1S/C11H14BrNO3/c1-11(2,3)16-10(15)7-4-6(14)5-8(13)9(7)12/h4-5,14H,13H2,1-3H3. The molecule has 0 aliphatic carbocycles. The van der Waals surface area contributed by atoms with E-state index in [0.717, 1.165) is 0 Å². The molecule has 0 saturated carbocycles. The summed E-state index contributed by atoms with van der Waals surface area (Å²) in [7, 11) is 0. The van der Waals surface area contributed by atoms with Crippen molar-refractivity contribution >= 4 is 27.6 Å². The van der Waals surface area contributed by atoms with Crippen molar-refractivity contribution in [1.29, 1.82) is 0 Å². The highest BCUT2D eigenvalue weighted by molar-refractivity contribution is 9.10. The van der Waals surface area contributed by atoms with E-state index in [1.807, 2.05) is 0 Å². The summed E-state index contributed by atoms with van der Waals surface area (Å²) in [5.74, 6) is -0.594. The van der Waals surface area contributed by atoms with E-state index in [2.05, 4.69) is 15.9 Å². The van der Waals surface area contributed by atoms with Crippen LogP contribution in [0.15, 0.2) is 16.6 Å². The zero-order valence-electron chi connectivity index (χ0n) is 9.37. The van der Waals surface area contributed by atoms with Gasteiger partial charge in [-0.1, -0.05) is 0 Å². The summed E-state index contributed by atoms with van der Waals surface area (Å²) in [6.45, 7) is 5.31. The Morgan fingerprint density at radius 2 is 2.00 bits per heavy atom. The van der Waals surface area contributed by atoms with E-state index < -0.39 is 11.6 Å². The number of esters is 1. The second-order valence-corrected chi connectivity index (χ2v) is 5.19. The highest BCUT2D eigenvalue weighted by Crippen LogP contribution is 2.30. The first-order valence-corrected chi connectivity index (χ1v) is 5.51. The van der Waals surface area contributed by atoms with Crippen LogP contribution >= 0.6 is 15.9 Å². The molecule has 5 heteroatoms. The van der Waals surface area contributed by atoms with Gasteiger partial charge < -0.3 is 15.6 Å². The Morgan fingerprint density at radius 3 is 2.50 bits per heavy atom. The van der Waals surface area contributed by atoms with E-state index in [1.54, 1.807) is 20.8 Å². The maximum absolute atomic E-state index is 11.8. The summed E-state index contributed by atoms with van der Waals surface area (Å²) in [5.41, 5.74) is 5.53. The molecule has 0 heterocycles. The number of halogens is 1. The minimum atomic E-state index is -0.587. The summed E-state index contributed by atoms with van der Waals surface area (Å²) in [6, 6.07) is 2.67. The first-order valence-electron chi connectivity index (χ1n) is 4.72. The van der Waals surface area contributed by atoms with Crippen molar-refractivity contribution < 1.29 is 14.6 Å². The van der Waals surface area contributed by atoms with E-state index in [0.29, 0.717) is 10.2 Å². The Balaban J connectivity index is 3.09. The summed E-state index contributed by atoms with van der Waals surface area (Å²) >= 11 is 3.19. The van der Waals surface area contributed by atoms with Crippen LogP contribution in [-0.4, -0.2) is 16.7 Å². The van der Waals surface area contributed by atoms with Gasteiger partial charge in [-0.05, 0) is 42.8 Å². The van der Waals surface area contributed by atoms with Gasteiger partial charge in [-0.2, -0.15) is 0 Å². The van der Waals surface area contributed by atoms with Crippen molar-refractivity contribution in [3.8, 4) is 5.75 Å². The Labute approximate surface area is 103 Å². The number of ether oxygens (including phenoxy) is 1. The van der Waals surface area contributed by atoms with Gasteiger partial charge >= 0.3 is 5.97 Å². The number of carbonyl (C=O) groups excluding carboxylic acids is 1. The fraction of sp³-hybridized carbons (Fsp3) is 0.364. The van der Waals surface area contributed by atoms with Gasteiger partial charge in [0.15, 0.2) is 0 Å². The number of anilines is 1. The third-order valence-electron chi connectivity index (χ3n) is 1.70. The van der Waals surface area contributed by atoms with Crippen LogP contribution in [0.1, 0.15) is 31.1 Å². The highest BCUT2D eigenvalue weighted by Gasteiger charge is 2.21. The average Bonchev–Trinajstić information content (AvgIpc) is 2.08. The van der Waals surface area contributed by atoms with Gasteiger partial charge in [0.1, 0.15) is 11.4 Å². The third-order valence-corrected chi connectivity index (χ3v) is 2.59. The van der Waals surface area contributed by atoms with Crippen molar-refractivity contribution in [3.63, 3.8) is 0 Å². The third kappa shape index (κ3) is 3.13. The lowest BCUT2D eigenvalue weighted by atomic mass is 10.1. The lowest BCUT2D eigenvalue weighted by Gasteiger charge is -2.20. The minimum Gasteiger partial charge on any atom is -0.508 e. The molecule has 1 aromatic carbocycles. The first kappa shape index (κ1) is 12.8. The van der Waals surface area contributed by atoms with E-state index in [-0.39, 0.29) is 11.3 Å². The quantitative estimate of drug-likeness (QED) is 0.615. The number of nitrogen functional groups attached to an aromatic ring is 1. The Bertz CT molecular complexity index is 424. The molecule has 0 unspecified atom stereocenters. The molecule has 3 N–H and O–H groups in total. The van der Waals surface area contributed by atoms with Crippen molar-refractivity contribution in [2.24, 2.45) is 0 Å². The van der Waals surface area contributed by atoms with Crippen molar-refractivity contribution in [3.05, 3.63) is 22.2 Å². The van der Waals surface area contributed by atoms with Crippen LogP contribution < -0.4 is 5.73 Å². The molecule has 16 heavy (non-hydrogen) atoms. The molecule has 0 aromatic heterocycles. The topological polar surface area (TPSA) is 72.5 Å². The molecule has 0 aliphatic rings. The Morgan fingerprint density at radius 1 is 1.44 bits per heavy atom. The molecule has 1 rings (SSSR count). The molecule has 88 valence electrons.